The van der Waals surface area contributed by atoms with Crippen LogP contribution in [-0.2, 0) is 4.79 Å². The van der Waals surface area contributed by atoms with Crippen LogP contribution in [0.4, 0.5) is 11.5 Å². The Bertz CT molecular complexity index is 683. The summed E-state index contributed by atoms with van der Waals surface area (Å²) in [6.07, 6.45) is 2.80. The van der Waals surface area contributed by atoms with Crippen molar-refractivity contribution < 1.29 is 9.72 Å². The number of pyridine rings is 1. The summed E-state index contributed by atoms with van der Waals surface area (Å²) >= 11 is 3.25. The summed E-state index contributed by atoms with van der Waals surface area (Å²) in [6.45, 7) is 3.12. The highest BCUT2D eigenvalue weighted by molar-refractivity contribution is 9.10. The van der Waals surface area contributed by atoms with Crippen LogP contribution in [0.3, 0.4) is 0 Å². The molecule has 21 heavy (non-hydrogen) atoms. The third-order valence-electron chi connectivity index (χ3n) is 2.84. The van der Waals surface area contributed by atoms with E-state index in [1.807, 2.05) is 0 Å². The predicted octanol–water partition coefficient (Wildman–Crippen LogP) is 2.46. The van der Waals surface area contributed by atoms with Gasteiger partial charge < -0.3 is 5.32 Å². The van der Waals surface area contributed by atoms with Crippen LogP contribution in [0.15, 0.2) is 29.0 Å². The Morgan fingerprint density at radius 1 is 1.52 bits per heavy atom. The van der Waals surface area contributed by atoms with Crippen LogP contribution in [0.5, 0.6) is 0 Å². The first-order valence-electron chi connectivity index (χ1n) is 6.01. The van der Waals surface area contributed by atoms with Crippen molar-refractivity contribution in [1.29, 1.82) is 0 Å². The maximum atomic E-state index is 12.1. The minimum absolute atomic E-state index is 0.114. The maximum Gasteiger partial charge on any atom is 0.309 e. The standard InChI is InChI=1S/C12H12BrN5O3/c1-7-10(18(20)21)6-17(16-7)8(2)12(19)15-11-4-3-9(13)5-14-11/h3-6,8H,1-2H3,(H,14,15,19)/t8-/m1/s1. The first kappa shape index (κ1) is 15.1. The fraction of sp³-hybridized carbons (Fsp3) is 0.250. The summed E-state index contributed by atoms with van der Waals surface area (Å²) in [6, 6.07) is 2.70. The summed E-state index contributed by atoms with van der Waals surface area (Å²) in [5.41, 5.74) is 0.151. The second kappa shape index (κ2) is 6.00. The molecule has 0 radical (unpaired) electrons. The molecule has 1 amide bonds. The van der Waals surface area contributed by atoms with Gasteiger partial charge in [-0.15, -0.1) is 0 Å². The molecule has 1 N–H and O–H groups in total. The highest BCUT2D eigenvalue weighted by Crippen LogP contribution is 2.19. The fourth-order valence-electron chi connectivity index (χ4n) is 1.65. The van der Waals surface area contributed by atoms with Crippen LogP contribution in [0.1, 0.15) is 18.7 Å². The number of carbonyl (C=O) groups is 1. The topological polar surface area (TPSA) is 103 Å². The number of aromatic nitrogens is 3. The summed E-state index contributed by atoms with van der Waals surface area (Å²) in [5, 5.41) is 17.4. The molecular formula is C12H12BrN5O3. The monoisotopic (exact) mass is 353 g/mol. The first-order valence-corrected chi connectivity index (χ1v) is 6.80. The second-order valence-corrected chi connectivity index (χ2v) is 5.28. The largest absolute Gasteiger partial charge is 0.309 e. The van der Waals surface area contributed by atoms with Crippen molar-refractivity contribution in [3.05, 3.63) is 44.8 Å². The first-order chi connectivity index (χ1) is 9.88. The van der Waals surface area contributed by atoms with Crippen molar-refractivity contribution in [2.45, 2.75) is 19.9 Å². The minimum atomic E-state index is -0.692. The molecule has 0 unspecified atom stereocenters. The molecule has 110 valence electrons. The Morgan fingerprint density at radius 2 is 2.24 bits per heavy atom. The number of anilines is 1. The molecule has 9 heteroatoms. The summed E-state index contributed by atoms with van der Waals surface area (Å²) in [4.78, 5) is 26.4. The van der Waals surface area contributed by atoms with Gasteiger partial charge in [0.1, 0.15) is 23.8 Å². The van der Waals surface area contributed by atoms with Gasteiger partial charge in [0.2, 0.25) is 5.91 Å². The highest BCUT2D eigenvalue weighted by Gasteiger charge is 2.22. The summed E-state index contributed by atoms with van der Waals surface area (Å²) in [7, 11) is 0. The van der Waals surface area contributed by atoms with Crippen molar-refractivity contribution in [3.8, 4) is 0 Å². The van der Waals surface area contributed by atoms with Gasteiger partial charge in [0.25, 0.3) is 0 Å². The lowest BCUT2D eigenvalue weighted by Crippen LogP contribution is -2.24. The number of hydrogen-bond acceptors (Lipinski definition) is 5. The molecule has 2 aromatic rings. The average molecular weight is 354 g/mol. The lowest BCUT2D eigenvalue weighted by molar-refractivity contribution is -0.385. The smallest absolute Gasteiger partial charge is 0.309 e. The van der Waals surface area contributed by atoms with Gasteiger partial charge in [-0.25, -0.2) is 4.98 Å². The van der Waals surface area contributed by atoms with E-state index in [4.69, 9.17) is 0 Å². The highest BCUT2D eigenvalue weighted by atomic mass is 79.9. The van der Waals surface area contributed by atoms with Crippen molar-refractivity contribution in [2.75, 3.05) is 5.32 Å². The third kappa shape index (κ3) is 3.43. The predicted molar refractivity (Wildman–Crippen MR) is 78.9 cm³/mol. The molecule has 0 fully saturated rings. The van der Waals surface area contributed by atoms with Crippen LogP contribution in [0.2, 0.25) is 0 Å². The lowest BCUT2D eigenvalue weighted by Gasteiger charge is -2.11. The van der Waals surface area contributed by atoms with E-state index in [0.717, 1.165) is 4.47 Å². The van der Waals surface area contributed by atoms with Gasteiger partial charge in [0, 0.05) is 10.7 Å². The fourth-order valence-corrected chi connectivity index (χ4v) is 1.88. The molecule has 0 saturated carbocycles. The van der Waals surface area contributed by atoms with Crippen molar-refractivity contribution in [3.63, 3.8) is 0 Å². The van der Waals surface area contributed by atoms with Gasteiger partial charge in [-0.2, -0.15) is 5.10 Å². The van der Waals surface area contributed by atoms with E-state index in [-0.39, 0.29) is 17.3 Å². The van der Waals surface area contributed by atoms with E-state index >= 15 is 0 Å². The van der Waals surface area contributed by atoms with E-state index in [9.17, 15) is 14.9 Å². The number of halogens is 1. The SMILES string of the molecule is Cc1nn([C@H](C)C(=O)Nc2ccc(Br)cn2)cc1[N+](=O)[O-]. The molecule has 0 aliphatic carbocycles. The van der Waals surface area contributed by atoms with Crippen LogP contribution < -0.4 is 5.32 Å². The zero-order valence-electron chi connectivity index (χ0n) is 11.3. The molecule has 0 aliphatic rings. The van der Waals surface area contributed by atoms with E-state index in [2.05, 4.69) is 31.3 Å². The van der Waals surface area contributed by atoms with Crippen molar-refractivity contribution >= 4 is 33.3 Å². The van der Waals surface area contributed by atoms with Crippen LogP contribution >= 0.6 is 15.9 Å². The van der Waals surface area contributed by atoms with Crippen molar-refractivity contribution in [2.24, 2.45) is 0 Å². The van der Waals surface area contributed by atoms with Gasteiger partial charge in [-0.1, -0.05) is 0 Å². The molecule has 1 atom stereocenters. The molecule has 2 rings (SSSR count). The van der Waals surface area contributed by atoms with Gasteiger partial charge in [-0.05, 0) is 41.9 Å². The Hall–Kier alpha value is -2.29. The summed E-state index contributed by atoms with van der Waals surface area (Å²) in [5.74, 6) is 0.0376. The number of nitrogens with zero attached hydrogens (tertiary/aromatic N) is 4. The van der Waals surface area contributed by atoms with Gasteiger partial charge in [-0.3, -0.25) is 19.6 Å². The molecule has 0 aromatic carbocycles. The van der Waals surface area contributed by atoms with Crippen LogP contribution in [0, 0.1) is 17.0 Å². The second-order valence-electron chi connectivity index (χ2n) is 4.36. The van der Waals surface area contributed by atoms with Crippen molar-refractivity contribution in [1.82, 2.24) is 14.8 Å². The number of nitro groups is 1. The maximum absolute atomic E-state index is 12.1. The number of nitrogens with one attached hydrogen (secondary N) is 1. The molecule has 0 saturated heterocycles. The van der Waals surface area contributed by atoms with E-state index in [1.54, 1.807) is 25.3 Å². The molecule has 8 nitrogen and oxygen atoms in total. The Balaban J connectivity index is 2.13. The van der Waals surface area contributed by atoms with Gasteiger partial charge >= 0.3 is 5.69 Å². The molecule has 0 aliphatic heterocycles. The number of carbonyl (C=O) groups excluding carboxylic acids is 1. The Morgan fingerprint density at radius 3 is 2.76 bits per heavy atom. The Kier molecular flexibility index (Phi) is 4.32. The van der Waals surface area contributed by atoms with Gasteiger partial charge in [0.05, 0.1) is 4.92 Å². The molecule has 0 bridgehead atoms. The number of amides is 1. The van der Waals surface area contributed by atoms with E-state index in [1.165, 1.54) is 17.8 Å². The average Bonchev–Trinajstić information content (AvgIpc) is 2.82. The third-order valence-corrected chi connectivity index (χ3v) is 3.31. The molecular weight excluding hydrogens is 342 g/mol. The van der Waals surface area contributed by atoms with Crippen LogP contribution in [0.25, 0.3) is 0 Å². The van der Waals surface area contributed by atoms with E-state index < -0.39 is 11.0 Å². The quantitative estimate of drug-likeness (QED) is 0.671. The molecule has 2 aromatic heterocycles. The number of aryl methyl sites for hydroxylation is 1. The zero-order chi connectivity index (χ0) is 15.6. The normalized spacial score (nSPS) is 12.0. The van der Waals surface area contributed by atoms with Crippen LogP contribution in [-0.4, -0.2) is 25.6 Å². The molecule has 0 spiro atoms. The molecule has 2 heterocycles. The zero-order valence-corrected chi connectivity index (χ0v) is 12.9. The Labute approximate surface area is 128 Å². The van der Waals surface area contributed by atoms with E-state index in [0.29, 0.717) is 5.82 Å². The lowest BCUT2D eigenvalue weighted by atomic mass is 10.3. The number of hydrogen-bond donors (Lipinski definition) is 1. The minimum Gasteiger partial charge on any atom is -0.309 e. The van der Waals surface area contributed by atoms with Gasteiger partial charge in [0.15, 0.2) is 0 Å². The number of rotatable bonds is 4. The summed E-state index contributed by atoms with van der Waals surface area (Å²) < 4.78 is 2.06.